The van der Waals surface area contributed by atoms with Gasteiger partial charge in [0.05, 0.1) is 12.0 Å². The third-order valence-electron chi connectivity index (χ3n) is 3.91. The van der Waals surface area contributed by atoms with E-state index in [0.717, 1.165) is 16.9 Å². The number of aryl methyl sites for hydroxylation is 2. The molecule has 0 bridgehead atoms. The van der Waals surface area contributed by atoms with E-state index in [2.05, 4.69) is 10.0 Å². The third kappa shape index (κ3) is 5.57. The monoisotopic (exact) mass is 376 g/mol. The second-order valence-corrected chi connectivity index (χ2v) is 7.78. The van der Waals surface area contributed by atoms with E-state index in [9.17, 15) is 13.2 Å². The number of hydrogen-bond acceptors (Lipinski definition) is 4. The number of carbonyl (C=O) groups excluding carboxylic acids is 1. The second-order valence-electron chi connectivity index (χ2n) is 6.04. The van der Waals surface area contributed by atoms with E-state index >= 15 is 0 Å². The van der Waals surface area contributed by atoms with Crippen LogP contribution in [0.25, 0.3) is 0 Å². The lowest BCUT2D eigenvalue weighted by molar-refractivity contribution is -0.121. The van der Waals surface area contributed by atoms with Gasteiger partial charge in [0.1, 0.15) is 5.75 Å². The van der Waals surface area contributed by atoms with Crippen LogP contribution in [0, 0.1) is 13.8 Å². The van der Waals surface area contributed by atoms with Gasteiger partial charge in [-0.25, -0.2) is 13.1 Å². The molecule has 0 atom stereocenters. The highest BCUT2D eigenvalue weighted by molar-refractivity contribution is 7.89. The van der Waals surface area contributed by atoms with Crippen LogP contribution in [0.3, 0.4) is 0 Å². The molecule has 2 aromatic rings. The fourth-order valence-corrected chi connectivity index (χ4v) is 3.77. The summed E-state index contributed by atoms with van der Waals surface area (Å²) in [5.41, 5.74) is 2.62. The summed E-state index contributed by atoms with van der Waals surface area (Å²) in [7, 11) is -2.03. The molecule has 6 nitrogen and oxygen atoms in total. The summed E-state index contributed by atoms with van der Waals surface area (Å²) in [6.07, 6.45) is 0.0697. The van der Waals surface area contributed by atoms with Crippen molar-refractivity contribution in [3.8, 4) is 5.75 Å². The highest BCUT2D eigenvalue weighted by Gasteiger charge is 2.16. The second kappa shape index (κ2) is 8.82. The lowest BCUT2D eigenvalue weighted by atomic mass is 10.2. The largest absolute Gasteiger partial charge is 0.497 e. The Kier molecular flexibility index (Phi) is 6.76. The quantitative estimate of drug-likeness (QED) is 0.740. The van der Waals surface area contributed by atoms with E-state index in [-0.39, 0.29) is 23.8 Å². The molecule has 140 valence electrons. The Morgan fingerprint density at radius 3 is 2.38 bits per heavy atom. The van der Waals surface area contributed by atoms with Crippen LogP contribution in [0.4, 0.5) is 0 Å². The van der Waals surface area contributed by atoms with E-state index in [0.29, 0.717) is 12.1 Å². The number of benzene rings is 2. The molecule has 0 aliphatic rings. The van der Waals surface area contributed by atoms with Gasteiger partial charge in [-0.15, -0.1) is 0 Å². The highest BCUT2D eigenvalue weighted by atomic mass is 32.2. The molecular weight excluding hydrogens is 352 g/mol. The zero-order valence-electron chi connectivity index (χ0n) is 15.2. The summed E-state index contributed by atoms with van der Waals surface area (Å²) >= 11 is 0. The zero-order valence-corrected chi connectivity index (χ0v) is 16.0. The lowest BCUT2D eigenvalue weighted by Gasteiger charge is -2.10. The number of methoxy groups -OCH3 is 1. The highest BCUT2D eigenvalue weighted by Crippen LogP contribution is 2.16. The van der Waals surface area contributed by atoms with Gasteiger partial charge in [-0.05, 0) is 43.2 Å². The van der Waals surface area contributed by atoms with Gasteiger partial charge in [0.25, 0.3) is 0 Å². The summed E-state index contributed by atoms with van der Waals surface area (Å²) in [4.78, 5) is 12.1. The molecule has 0 spiro atoms. The molecule has 0 aliphatic heterocycles. The van der Waals surface area contributed by atoms with Crippen LogP contribution in [-0.2, 0) is 21.4 Å². The molecule has 2 rings (SSSR count). The molecule has 7 heteroatoms. The summed E-state index contributed by atoms with van der Waals surface area (Å²) < 4.78 is 32.2. The van der Waals surface area contributed by atoms with Crippen molar-refractivity contribution in [2.75, 3.05) is 13.7 Å². The predicted molar refractivity (Wildman–Crippen MR) is 101 cm³/mol. The summed E-state index contributed by atoms with van der Waals surface area (Å²) in [5, 5.41) is 2.77. The van der Waals surface area contributed by atoms with Crippen LogP contribution in [0.1, 0.15) is 23.1 Å². The average molecular weight is 376 g/mol. The van der Waals surface area contributed by atoms with Crippen molar-refractivity contribution in [3.05, 3.63) is 59.2 Å². The van der Waals surface area contributed by atoms with Gasteiger partial charge < -0.3 is 10.1 Å². The van der Waals surface area contributed by atoms with Gasteiger partial charge >= 0.3 is 0 Å². The number of nitrogens with one attached hydrogen (secondary N) is 2. The third-order valence-corrected chi connectivity index (χ3v) is 5.53. The maximum absolute atomic E-state index is 12.3. The maximum atomic E-state index is 12.3. The van der Waals surface area contributed by atoms with Gasteiger partial charge in [0, 0.05) is 19.5 Å². The van der Waals surface area contributed by atoms with E-state index in [4.69, 9.17) is 4.74 Å². The van der Waals surface area contributed by atoms with Crippen LogP contribution < -0.4 is 14.8 Å². The fraction of sp³-hybridized carbons (Fsp3) is 0.316. The van der Waals surface area contributed by atoms with E-state index in [1.807, 2.05) is 37.3 Å². The summed E-state index contributed by atoms with van der Waals surface area (Å²) in [6, 6.07) is 12.5. The van der Waals surface area contributed by atoms with Crippen molar-refractivity contribution >= 4 is 15.9 Å². The SMILES string of the molecule is COc1ccc(CNC(=O)CCNS(=O)(=O)c2ccc(C)cc2C)cc1. The number of ether oxygens (including phenoxy) is 1. The molecule has 0 aromatic heterocycles. The van der Waals surface area contributed by atoms with Crippen molar-refractivity contribution in [1.29, 1.82) is 0 Å². The minimum atomic E-state index is -3.62. The molecule has 2 N–H and O–H groups in total. The molecular formula is C19H24N2O4S. The van der Waals surface area contributed by atoms with Crippen molar-refractivity contribution in [2.24, 2.45) is 0 Å². The molecule has 0 radical (unpaired) electrons. The van der Waals surface area contributed by atoms with Gasteiger partial charge in [-0.3, -0.25) is 4.79 Å². The Bertz CT molecular complexity index is 862. The Labute approximate surface area is 154 Å². The van der Waals surface area contributed by atoms with Gasteiger partial charge in [0.15, 0.2) is 0 Å². The normalized spacial score (nSPS) is 11.2. The van der Waals surface area contributed by atoms with Gasteiger partial charge in [-0.1, -0.05) is 29.8 Å². The predicted octanol–water partition coefficient (Wildman–Crippen LogP) is 2.30. The van der Waals surface area contributed by atoms with E-state index < -0.39 is 10.0 Å². The minimum Gasteiger partial charge on any atom is -0.497 e. The van der Waals surface area contributed by atoms with Crippen LogP contribution in [-0.4, -0.2) is 28.0 Å². The average Bonchev–Trinajstić information content (AvgIpc) is 2.60. The maximum Gasteiger partial charge on any atom is 0.240 e. The topological polar surface area (TPSA) is 84.5 Å². The molecule has 1 amide bonds. The number of carbonyl (C=O) groups is 1. The standard InChI is InChI=1S/C19H24N2O4S/c1-14-4-9-18(15(2)12-14)26(23,24)21-11-10-19(22)20-13-16-5-7-17(25-3)8-6-16/h4-9,12,21H,10-11,13H2,1-3H3,(H,20,22). The smallest absolute Gasteiger partial charge is 0.240 e. The van der Waals surface area contributed by atoms with E-state index in [1.54, 1.807) is 26.2 Å². The van der Waals surface area contributed by atoms with Crippen LogP contribution in [0.5, 0.6) is 5.75 Å². The number of amides is 1. The Balaban J connectivity index is 1.81. The molecule has 26 heavy (non-hydrogen) atoms. The van der Waals surface area contributed by atoms with Crippen molar-refractivity contribution in [2.45, 2.75) is 31.7 Å². The van der Waals surface area contributed by atoms with Crippen LogP contribution >= 0.6 is 0 Å². The first-order valence-electron chi connectivity index (χ1n) is 8.28. The summed E-state index contributed by atoms with van der Waals surface area (Å²) in [5.74, 6) is 0.532. The van der Waals surface area contributed by atoms with Crippen molar-refractivity contribution in [1.82, 2.24) is 10.0 Å². The summed E-state index contributed by atoms with van der Waals surface area (Å²) in [6.45, 7) is 4.09. The van der Waals surface area contributed by atoms with Crippen molar-refractivity contribution in [3.63, 3.8) is 0 Å². The first-order chi connectivity index (χ1) is 12.3. The Morgan fingerprint density at radius 2 is 1.77 bits per heavy atom. The zero-order chi connectivity index (χ0) is 19.2. The molecule has 0 heterocycles. The molecule has 0 saturated heterocycles. The molecule has 0 saturated carbocycles. The molecule has 2 aromatic carbocycles. The first-order valence-corrected chi connectivity index (χ1v) is 9.76. The molecule has 0 fully saturated rings. The van der Waals surface area contributed by atoms with Gasteiger partial charge in [0.2, 0.25) is 15.9 Å². The van der Waals surface area contributed by atoms with Crippen LogP contribution in [0.2, 0.25) is 0 Å². The number of rotatable bonds is 8. The lowest BCUT2D eigenvalue weighted by Crippen LogP contribution is -2.30. The Morgan fingerprint density at radius 1 is 1.08 bits per heavy atom. The van der Waals surface area contributed by atoms with Crippen LogP contribution in [0.15, 0.2) is 47.4 Å². The Hall–Kier alpha value is -2.38. The molecule has 0 aliphatic carbocycles. The van der Waals surface area contributed by atoms with E-state index in [1.165, 1.54) is 0 Å². The number of sulfonamides is 1. The van der Waals surface area contributed by atoms with Crippen molar-refractivity contribution < 1.29 is 17.9 Å². The number of hydrogen-bond donors (Lipinski definition) is 2. The van der Waals surface area contributed by atoms with Gasteiger partial charge in [-0.2, -0.15) is 0 Å². The fourth-order valence-electron chi connectivity index (χ4n) is 2.51. The minimum absolute atomic E-state index is 0.0457. The first kappa shape index (κ1) is 19.9. The molecule has 0 unspecified atom stereocenters.